The molecule has 1 aliphatic heterocycles. The van der Waals surface area contributed by atoms with Crippen LogP contribution in [0.4, 0.5) is 13.2 Å². The number of hydrogen-bond donors (Lipinski definition) is 2. The van der Waals surface area contributed by atoms with Gasteiger partial charge in [0.15, 0.2) is 6.04 Å². The Morgan fingerprint density at radius 1 is 1.29 bits per heavy atom. The van der Waals surface area contributed by atoms with Crippen LogP contribution >= 0.6 is 0 Å². The zero-order valence-electron chi connectivity index (χ0n) is 17.0. The molecule has 3 rings (SSSR count). The highest BCUT2D eigenvalue weighted by molar-refractivity contribution is 5.80. The Hall–Kier alpha value is -3.10. The Labute approximate surface area is 178 Å². The van der Waals surface area contributed by atoms with Crippen molar-refractivity contribution in [2.75, 3.05) is 7.11 Å². The minimum Gasteiger partial charge on any atom is -0.497 e. The van der Waals surface area contributed by atoms with E-state index < -0.39 is 23.7 Å². The average Bonchev–Trinajstić information content (AvgIpc) is 3.11. The maximum absolute atomic E-state index is 13.5. The molecule has 1 aromatic carbocycles. The summed E-state index contributed by atoms with van der Waals surface area (Å²) >= 11 is 0. The van der Waals surface area contributed by atoms with Gasteiger partial charge in [-0.2, -0.15) is 13.2 Å². The van der Waals surface area contributed by atoms with E-state index in [1.165, 1.54) is 18.3 Å². The maximum atomic E-state index is 13.5. The minimum atomic E-state index is -4.65. The van der Waals surface area contributed by atoms with Crippen molar-refractivity contribution in [3.8, 4) is 5.75 Å². The second-order valence-electron chi connectivity index (χ2n) is 7.68. The van der Waals surface area contributed by atoms with Gasteiger partial charge in [-0.15, -0.1) is 0 Å². The van der Waals surface area contributed by atoms with Crippen molar-refractivity contribution in [2.45, 2.75) is 49.9 Å². The predicted octanol–water partition coefficient (Wildman–Crippen LogP) is 3.48. The summed E-state index contributed by atoms with van der Waals surface area (Å²) < 4.78 is 45.6. The number of alkyl halides is 3. The molecule has 0 spiro atoms. The number of carbonyl (C=O) groups excluding carboxylic acids is 2. The quantitative estimate of drug-likeness (QED) is 0.665. The third-order valence-corrected chi connectivity index (χ3v) is 5.42. The molecule has 2 heterocycles. The highest BCUT2D eigenvalue weighted by atomic mass is 19.4. The number of benzene rings is 1. The summed E-state index contributed by atoms with van der Waals surface area (Å²) in [5, 5.41) is 5.00. The summed E-state index contributed by atoms with van der Waals surface area (Å²) in [4.78, 5) is 28.0. The first-order valence-corrected chi connectivity index (χ1v) is 9.91. The Morgan fingerprint density at radius 2 is 2.03 bits per heavy atom. The number of methoxy groups -OCH3 is 1. The van der Waals surface area contributed by atoms with Crippen molar-refractivity contribution in [3.05, 3.63) is 59.9 Å². The fourth-order valence-corrected chi connectivity index (χ4v) is 3.80. The number of rotatable bonds is 8. The van der Waals surface area contributed by atoms with Gasteiger partial charge in [0.25, 0.3) is 0 Å². The van der Waals surface area contributed by atoms with E-state index in [9.17, 15) is 22.8 Å². The number of ether oxygens (including phenoxy) is 1. The third-order valence-electron chi connectivity index (χ3n) is 5.42. The third kappa shape index (κ3) is 5.96. The summed E-state index contributed by atoms with van der Waals surface area (Å²) in [7, 11) is 1.56. The van der Waals surface area contributed by atoms with E-state index in [0.29, 0.717) is 25.0 Å². The maximum Gasteiger partial charge on any atom is 0.412 e. The van der Waals surface area contributed by atoms with Gasteiger partial charge >= 0.3 is 6.18 Å². The largest absolute Gasteiger partial charge is 0.497 e. The van der Waals surface area contributed by atoms with Gasteiger partial charge in [0.2, 0.25) is 11.8 Å². The van der Waals surface area contributed by atoms with E-state index in [1.54, 1.807) is 19.2 Å². The molecule has 1 saturated heterocycles. The van der Waals surface area contributed by atoms with E-state index in [0.717, 1.165) is 11.8 Å². The standard InChI is InChI=1S/C22H24F3N3O3/c1-31-17-6-4-15(5-7-17)13-21(11-9-19(30)28-21)10-8-18(29)27-20(22(23,24)25)16-3-2-12-26-14-16/h2-7,12,14,20H,8-11,13H2,1H3,(H,27,29)(H,28,30)/t20-,21-/m0/s1. The Balaban J connectivity index is 1.68. The molecule has 0 radical (unpaired) electrons. The number of aromatic nitrogens is 1. The molecule has 0 aliphatic carbocycles. The van der Waals surface area contributed by atoms with E-state index in [4.69, 9.17) is 4.74 Å². The summed E-state index contributed by atoms with van der Waals surface area (Å²) in [6, 6.07) is 7.86. The number of nitrogens with one attached hydrogen (secondary N) is 2. The highest BCUT2D eigenvalue weighted by Crippen LogP contribution is 2.33. The van der Waals surface area contributed by atoms with Crippen LogP contribution in [0.1, 0.15) is 42.9 Å². The molecule has 0 bridgehead atoms. The van der Waals surface area contributed by atoms with Gasteiger partial charge in [-0.1, -0.05) is 18.2 Å². The molecule has 1 aliphatic rings. The molecule has 6 nitrogen and oxygen atoms in total. The number of amides is 2. The molecule has 1 fully saturated rings. The van der Waals surface area contributed by atoms with Crippen LogP contribution in [-0.4, -0.2) is 35.6 Å². The second-order valence-corrected chi connectivity index (χ2v) is 7.68. The van der Waals surface area contributed by atoms with Crippen molar-refractivity contribution in [2.24, 2.45) is 0 Å². The van der Waals surface area contributed by atoms with Crippen molar-refractivity contribution < 1.29 is 27.5 Å². The van der Waals surface area contributed by atoms with Crippen LogP contribution in [-0.2, 0) is 16.0 Å². The minimum absolute atomic E-state index is 0.127. The molecule has 0 saturated carbocycles. The zero-order valence-corrected chi connectivity index (χ0v) is 17.0. The highest BCUT2D eigenvalue weighted by Gasteiger charge is 2.43. The van der Waals surface area contributed by atoms with Gasteiger partial charge < -0.3 is 15.4 Å². The van der Waals surface area contributed by atoms with Crippen LogP contribution in [0.15, 0.2) is 48.8 Å². The van der Waals surface area contributed by atoms with Crippen LogP contribution in [0, 0.1) is 0 Å². The summed E-state index contributed by atoms with van der Waals surface area (Å²) in [6.07, 6.45) is -0.819. The number of pyridine rings is 1. The lowest BCUT2D eigenvalue weighted by Gasteiger charge is -2.30. The Kier molecular flexibility index (Phi) is 6.82. The van der Waals surface area contributed by atoms with Gasteiger partial charge in [-0.05, 0) is 43.0 Å². The average molecular weight is 435 g/mol. The molecule has 0 unspecified atom stereocenters. The molecule has 31 heavy (non-hydrogen) atoms. The fourth-order valence-electron chi connectivity index (χ4n) is 3.80. The Bertz CT molecular complexity index is 904. The number of carbonyl (C=O) groups is 2. The van der Waals surface area contributed by atoms with Crippen LogP contribution < -0.4 is 15.4 Å². The Morgan fingerprint density at radius 3 is 2.58 bits per heavy atom. The van der Waals surface area contributed by atoms with E-state index >= 15 is 0 Å². The lowest BCUT2D eigenvalue weighted by molar-refractivity contribution is -0.163. The molecule has 1 aromatic heterocycles. The molecule has 2 N–H and O–H groups in total. The zero-order chi connectivity index (χ0) is 22.5. The van der Waals surface area contributed by atoms with E-state index in [-0.39, 0.29) is 24.3 Å². The second kappa shape index (κ2) is 9.36. The van der Waals surface area contributed by atoms with Gasteiger partial charge in [-0.3, -0.25) is 14.6 Å². The predicted molar refractivity (Wildman–Crippen MR) is 107 cm³/mol. The van der Waals surface area contributed by atoms with Crippen molar-refractivity contribution in [3.63, 3.8) is 0 Å². The molecular formula is C22H24F3N3O3. The molecule has 9 heteroatoms. The first kappa shape index (κ1) is 22.6. The monoisotopic (exact) mass is 435 g/mol. The van der Waals surface area contributed by atoms with Gasteiger partial charge in [0.05, 0.1) is 7.11 Å². The molecule has 2 aromatic rings. The lowest BCUT2D eigenvalue weighted by Crippen LogP contribution is -2.45. The van der Waals surface area contributed by atoms with Crippen LogP contribution in [0.5, 0.6) is 5.75 Å². The van der Waals surface area contributed by atoms with E-state index in [2.05, 4.69) is 15.6 Å². The lowest BCUT2D eigenvalue weighted by atomic mass is 9.85. The molecule has 166 valence electrons. The molecule has 2 amide bonds. The van der Waals surface area contributed by atoms with Crippen molar-refractivity contribution in [1.29, 1.82) is 0 Å². The van der Waals surface area contributed by atoms with Gasteiger partial charge in [0.1, 0.15) is 5.75 Å². The topological polar surface area (TPSA) is 80.3 Å². The normalized spacial score (nSPS) is 19.5. The smallest absolute Gasteiger partial charge is 0.412 e. The van der Waals surface area contributed by atoms with Gasteiger partial charge in [-0.25, -0.2) is 0 Å². The van der Waals surface area contributed by atoms with Crippen LogP contribution in [0.25, 0.3) is 0 Å². The fraction of sp³-hybridized carbons (Fsp3) is 0.409. The molecular weight excluding hydrogens is 411 g/mol. The van der Waals surface area contributed by atoms with Crippen molar-refractivity contribution >= 4 is 11.8 Å². The van der Waals surface area contributed by atoms with Crippen LogP contribution in [0.3, 0.4) is 0 Å². The van der Waals surface area contributed by atoms with Crippen LogP contribution in [0.2, 0.25) is 0 Å². The molecule has 2 atom stereocenters. The number of nitrogens with zero attached hydrogens (tertiary/aromatic N) is 1. The first-order valence-electron chi connectivity index (χ1n) is 9.91. The first-order chi connectivity index (χ1) is 14.7. The van der Waals surface area contributed by atoms with Crippen molar-refractivity contribution in [1.82, 2.24) is 15.6 Å². The number of hydrogen-bond acceptors (Lipinski definition) is 4. The summed E-state index contributed by atoms with van der Waals surface area (Å²) in [5.74, 6) is -0.167. The SMILES string of the molecule is COc1ccc(C[C@]2(CCC(=O)N[C@@H](c3cccnc3)C(F)(F)F)CCC(=O)N2)cc1. The summed E-state index contributed by atoms with van der Waals surface area (Å²) in [6.45, 7) is 0. The van der Waals surface area contributed by atoms with E-state index in [1.807, 2.05) is 12.1 Å². The summed E-state index contributed by atoms with van der Waals surface area (Å²) in [5.41, 5.74) is 0.128. The van der Waals surface area contributed by atoms with Gasteiger partial charge in [0, 0.05) is 36.3 Å². The number of halogens is 3.